The van der Waals surface area contributed by atoms with E-state index in [4.69, 9.17) is 4.42 Å². The number of furan rings is 1. The van der Waals surface area contributed by atoms with Gasteiger partial charge in [-0.05, 0) is 23.3 Å². The van der Waals surface area contributed by atoms with Gasteiger partial charge in [-0.3, -0.25) is 9.36 Å². The number of nitrogens with zero attached hydrogens (tertiary/aromatic N) is 2. The number of carboxylic acids is 1. The van der Waals surface area contributed by atoms with Crippen molar-refractivity contribution in [3.63, 3.8) is 0 Å². The molecular weight excluding hydrogens is 320 g/mol. The maximum atomic E-state index is 12.8. The van der Waals surface area contributed by atoms with Gasteiger partial charge >= 0.3 is 5.97 Å². The van der Waals surface area contributed by atoms with E-state index in [-0.39, 0.29) is 22.4 Å². The quantitative estimate of drug-likeness (QED) is 0.622. The van der Waals surface area contributed by atoms with E-state index in [1.165, 1.54) is 17.8 Å². The molecule has 6 nitrogen and oxygen atoms in total. The topological polar surface area (TPSA) is 85.3 Å². The van der Waals surface area contributed by atoms with Crippen LogP contribution in [0.15, 0.2) is 58.0 Å². The van der Waals surface area contributed by atoms with Crippen molar-refractivity contribution >= 4 is 27.8 Å². The number of fused-ring (bicyclic) bond motifs is 2. The number of carboxylic acid groups (broad SMARTS) is 1. The van der Waals surface area contributed by atoms with Gasteiger partial charge in [0.2, 0.25) is 5.71 Å². The van der Waals surface area contributed by atoms with Crippen LogP contribution in [-0.2, 0) is 6.54 Å². The predicted octanol–water partition coefficient (Wildman–Crippen LogP) is 3.20. The van der Waals surface area contributed by atoms with E-state index in [1.54, 1.807) is 0 Å². The van der Waals surface area contributed by atoms with E-state index < -0.39 is 11.5 Å². The molecule has 0 aliphatic rings. The fraction of sp³-hybridized carbons (Fsp3) is 0.105. The van der Waals surface area contributed by atoms with E-state index >= 15 is 0 Å². The molecule has 124 valence electrons. The summed E-state index contributed by atoms with van der Waals surface area (Å²) in [6, 6.07) is 13.8. The predicted molar refractivity (Wildman–Crippen MR) is 93.0 cm³/mol. The second kappa shape index (κ2) is 5.59. The Morgan fingerprint density at radius 1 is 1.20 bits per heavy atom. The Morgan fingerprint density at radius 2 is 1.96 bits per heavy atom. The zero-order chi connectivity index (χ0) is 17.6. The van der Waals surface area contributed by atoms with Crippen molar-refractivity contribution in [3.05, 3.63) is 76.0 Å². The van der Waals surface area contributed by atoms with E-state index in [0.29, 0.717) is 6.54 Å². The molecule has 2 heterocycles. The Morgan fingerprint density at radius 3 is 2.76 bits per heavy atom. The van der Waals surface area contributed by atoms with Gasteiger partial charge in [0.05, 0.1) is 6.54 Å². The average molecular weight is 334 g/mol. The minimum absolute atomic E-state index is 0.00716. The zero-order valence-corrected chi connectivity index (χ0v) is 13.4. The van der Waals surface area contributed by atoms with Crippen molar-refractivity contribution in [2.24, 2.45) is 0 Å². The van der Waals surface area contributed by atoms with Crippen LogP contribution in [0.4, 0.5) is 0 Å². The first-order valence-electron chi connectivity index (χ1n) is 7.74. The SMILES string of the molecule is Cc1oc2ncn(Cc3cccc4ccccc34)c(=O)c2c1C(=O)O. The Bertz CT molecular complexity index is 1180. The molecule has 2 aromatic carbocycles. The number of carbonyl (C=O) groups is 1. The molecule has 4 aromatic rings. The lowest BCUT2D eigenvalue weighted by Gasteiger charge is -2.08. The van der Waals surface area contributed by atoms with Crippen molar-refractivity contribution < 1.29 is 14.3 Å². The number of aromatic carboxylic acids is 1. The standard InChI is InChI=1S/C19H14N2O4/c1-11-15(19(23)24)16-17(25-11)20-10-21(18(16)22)9-13-7-4-6-12-5-2-3-8-14(12)13/h2-8,10H,9H2,1H3,(H,23,24). The largest absolute Gasteiger partial charge is 0.478 e. The number of benzene rings is 2. The van der Waals surface area contributed by atoms with E-state index in [0.717, 1.165) is 16.3 Å². The van der Waals surface area contributed by atoms with E-state index in [2.05, 4.69) is 4.98 Å². The van der Waals surface area contributed by atoms with Crippen LogP contribution in [0.2, 0.25) is 0 Å². The molecular formula is C19H14N2O4. The molecule has 25 heavy (non-hydrogen) atoms. The van der Waals surface area contributed by atoms with Gasteiger partial charge in [-0.15, -0.1) is 0 Å². The normalized spacial score (nSPS) is 11.2. The molecule has 0 radical (unpaired) electrons. The Labute approximate surface area is 142 Å². The second-order valence-electron chi connectivity index (χ2n) is 5.83. The van der Waals surface area contributed by atoms with Gasteiger partial charge in [0, 0.05) is 0 Å². The Kier molecular flexibility index (Phi) is 3.39. The highest BCUT2D eigenvalue weighted by Gasteiger charge is 2.22. The molecule has 0 saturated heterocycles. The number of rotatable bonds is 3. The molecule has 4 rings (SSSR count). The van der Waals surface area contributed by atoms with Crippen LogP contribution >= 0.6 is 0 Å². The molecule has 1 N–H and O–H groups in total. The Balaban J connectivity index is 1.90. The number of aryl methyl sites for hydroxylation is 1. The van der Waals surface area contributed by atoms with Crippen molar-refractivity contribution in [2.45, 2.75) is 13.5 Å². The van der Waals surface area contributed by atoms with Crippen LogP contribution in [0.3, 0.4) is 0 Å². The monoisotopic (exact) mass is 334 g/mol. The minimum atomic E-state index is -1.20. The van der Waals surface area contributed by atoms with Crippen molar-refractivity contribution in [1.82, 2.24) is 9.55 Å². The summed E-state index contributed by atoms with van der Waals surface area (Å²) in [5, 5.41) is 11.5. The summed E-state index contributed by atoms with van der Waals surface area (Å²) in [7, 11) is 0. The van der Waals surface area contributed by atoms with Crippen LogP contribution in [0, 0.1) is 6.92 Å². The second-order valence-corrected chi connectivity index (χ2v) is 5.83. The fourth-order valence-corrected chi connectivity index (χ4v) is 3.12. The third-order valence-electron chi connectivity index (χ3n) is 4.29. The summed E-state index contributed by atoms with van der Waals surface area (Å²) in [6.45, 7) is 1.81. The molecule has 0 aliphatic carbocycles. The summed E-state index contributed by atoms with van der Waals surface area (Å²) in [5.41, 5.74) is 0.458. The first-order valence-corrected chi connectivity index (χ1v) is 7.74. The lowest BCUT2D eigenvalue weighted by Crippen LogP contribution is -2.22. The third-order valence-corrected chi connectivity index (χ3v) is 4.29. The number of aromatic nitrogens is 2. The maximum absolute atomic E-state index is 12.8. The molecule has 0 saturated carbocycles. The summed E-state index contributed by atoms with van der Waals surface area (Å²) >= 11 is 0. The van der Waals surface area contributed by atoms with Gasteiger partial charge in [-0.2, -0.15) is 0 Å². The third kappa shape index (κ3) is 2.39. The highest BCUT2D eigenvalue weighted by atomic mass is 16.4. The summed E-state index contributed by atoms with van der Waals surface area (Å²) in [5.74, 6) is -1.02. The highest BCUT2D eigenvalue weighted by molar-refractivity contribution is 6.02. The Hall–Kier alpha value is -3.41. The van der Waals surface area contributed by atoms with Crippen molar-refractivity contribution in [3.8, 4) is 0 Å². The lowest BCUT2D eigenvalue weighted by molar-refractivity contribution is 0.0697. The van der Waals surface area contributed by atoms with Crippen LogP contribution in [0.25, 0.3) is 21.9 Å². The van der Waals surface area contributed by atoms with E-state index in [9.17, 15) is 14.7 Å². The van der Waals surface area contributed by atoms with Gasteiger partial charge in [0.1, 0.15) is 23.0 Å². The zero-order valence-electron chi connectivity index (χ0n) is 13.4. The highest BCUT2D eigenvalue weighted by Crippen LogP contribution is 2.22. The maximum Gasteiger partial charge on any atom is 0.340 e. The number of hydrogen-bond donors (Lipinski definition) is 1. The van der Waals surface area contributed by atoms with Gasteiger partial charge in [-0.25, -0.2) is 9.78 Å². The molecule has 0 bridgehead atoms. The van der Waals surface area contributed by atoms with Gasteiger partial charge < -0.3 is 9.52 Å². The van der Waals surface area contributed by atoms with Crippen molar-refractivity contribution in [1.29, 1.82) is 0 Å². The van der Waals surface area contributed by atoms with Crippen LogP contribution in [-0.4, -0.2) is 20.6 Å². The van der Waals surface area contributed by atoms with Crippen LogP contribution < -0.4 is 5.56 Å². The summed E-state index contributed by atoms with van der Waals surface area (Å²) < 4.78 is 6.72. The van der Waals surface area contributed by atoms with Crippen LogP contribution in [0.5, 0.6) is 0 Å². The van der Waals surface area contributed by atoms with Gasteiger partial charge in [-0.1, -0.05) is 42.5 Å². The molecule has 0 amide bonds. The summed E-state index contributed by atoms with van der Waals surface area (Å²) in [4.78, 5) is 28.4. The molecule has 0 spiro atoms. The first-order chi connectivity index (χ1) is 12.1. The fourth-order valence-electron chi connectivity index (χ4n) is 3.12. The number of hydrogen-bond acceptors (Lipinski definition) is 4. The summed E-state index contributed by atoms with van der Waals surface area (Å²) in [6.07, 6.45) is 1.39. The molecule has 0 unspecified atom stereocenters. The molecule has 6 heteroatoms. The molecule has 0 atom stereocenters. The molecule has 2 aromatic heterocycles. The average Bonchev–Trinajstić information content (AvgIpc) is 2.95. The van der Waals surface area contributed by atoms with Crippen molar-refractivity contribution in [2.75, 3.05) is 0 Å². The minimum Gasteiger partial charge on any atom is -0.478 e. The smallest absolute Gasteiger partial charge is 0.340 e. The molecule has 0 fully saturated rings. The van der Waals surface area contributed by atoms with Gasteiger partial charge in [0.25, 0.3) is 5.56 Å². The first kappa shape index (κ1) is 15.1. The van der Waals surface area contributed by atoms with Gasteiger partial charge in [0.15, 0.2) is 0 Å². The van der Waals surface area contributed by atoms with Crippen LogP contribution in [0.1, 0.15) is 21.7 Å². The molecule has 0 aliphatic heterocycles. The van der Waals surface area contributed by atoms with E-state index in [1.807, 2.05) is 42.5 Å². The lowest BCUT2D eigenvalue weighted by atomic mass is 10.0.